The summed E-state index contributed by atoms with van der Waals surface area (Å²) < 4.78 is 53.8. The van der Waals surface area contributed by atoms with Crippen LogP contribution in [0.1, 0.15) is 25.0 Å². The molecule has 0 aromatic heterocycles. The Morgan fingerprint density at radius 3 is 2.19 bits per heavy atom. The maximum Gasteiger partial charge on any atom is 0.330 e. The number of hydrogen-bond donors (Lipinski definition) is 1. The molecule has 0 aliphatic rings. The minimum absolute atomic E-state index is 0.109. The van der Waals surface area contributed by atoms with Crippen molar-refractivity contribution in [1.29, 1.82) is 0 Å². The number of halogens is 4. The first-order chi connectivity index (χ1) is 9.81. The van der Waals surface area contributed by atoms with E-state index in [1.165, 1.54) is 0 Å². The van der Waals surface area contributed by atoms with Crippen molar-refractivity contribution in [1.82, 2.24) is 5.32 Å². The summed E-state index contributed by atoms with van der Waals surface area (Å²) in [6.07, 6.45) is -3.70. The van der Waals surface area contributed by atoms with Gasteiger partial charge in [0, 0.05) is 6.54 Å². The third-order valence-corrected chi connectivity index (χ3v) is 2.79. The van der Waals surface area contributed by atoms with Crippen LogP contribution >= 0.6 is 0 Å². The van der Waals surface area contributed by atoms with Crippen LogP contribution < -0.4 is 5.32 Å². The van der Waals surface area contributed by atoms with E-state index in [0.717, 1.165) is 18.7 Å². The highest BCUT2D eigenvalue weighted by molar-refractivity contribution is 5.21. The molecule has 1 N–H and O–H groups in total. The molecule has 0 atom stereocenters. The van der Waals surface area contributed by atoms with Gasteiger partial charge in [-0.15, -0.1) is 0 Å². The van der Waals surface area contributed by atoms with Gasteiger partial charge in [0.1, 0.15) is 6.61 Å². The molecular weight excluding hydrogens is 286 g/mol. The molecule has 0 amide bonds. The molecule has 0 saturated carbocycles. The SMILES string of the molecule is CC(C)CNCc1ccc(COCC(F)(F)C(F)F)cc1. The lowest BCUT2D eigenvalue weighted by molar-refractivity contribution is -0.168. The maximum absolute atomic E-state index is 12.6. The highest BCUT2D eigenvalue weighted by Gasteiger charge is 2.40. The van der Waals surface area contributed by atoms with Crippen molar-refractivity contribution in [2.45, 2.75) is 39.3 Å². The average Bonchev–Trinajstić information content (AvgIpc) is 2.40. The van der Waals surface area contributed by atoms with Crippen molar-refractivity contribution >= 4 is 0 Å². The van der Waals surface area contributed by atoms with Gasteiger partial charge in [-0.3, -0.25) is 0 Å². The Kier molecular flexibility index (Phi) is 7.11. The van der Waals surface area contributed by atoms with Crippen molar-refractivity contribution in [3.8, 4) is 0 Å². The van der Waals surface area contributed by atoms with Gasteiger partial charge in [-0.2, -0.15) is 8.78 Å². The molecule has 0 bridgehead atoms. The van der Waals surface area contributed by atoms with E-state index in [1.54, 1.807) is 12.1 Å². The molecule has 21 heavy (non-hydrogen) atoms. The van der Waals surface area contributed by atoms with E-state index in [2.05, 4.69) is 23.9 Å². The van der Waals surface area contributed by atoms with Gasteiger partial charge in [0.25, 0.3) is 0 Å². The first-order valence-corrected chi connectivity index (χ1v) is 6.83. The zero-order valence-electron chi connectivity index (χ0n) is 12.2. The second-order valence-corrected chi connectivity index (χ2v) is 5.40. The quantitative estimate of drug-likeness (QED) is 0.700. The Balaban J connectivity index is 2.34. The molecule has 6 heteroatoms. The fraction of sp³-hybridized carbons (Fsp3) is 0.600. The second-order valence-electron chi connectivity index (χ2n) is 5.40. The third-order valence-electron chi connectivity index (χ3n) is 2.79. The molecule has 2 nitrogen and oxygen atoms in total. The highest BCUT2D eigenvalue weighted by Crippen LogP contribution is 2.23. The van der Waals surface area contributed by atoms with Crippen LogP contribution in [0, 0.1) is 5.92 Å². The van der Waals surface area contributed by atoms with Crippen LogP contribution in [-0.2, 0) is 17.9 Å². The summed E-state index contributed by atoms with van der Waals surface area (Å²) in [7, 11) is 0. The number of alkyl halides is 4. The number of rotatable bonds is 9. The molecule has 0 aliphatic heterocycles. The molecule has 1 aromatic rings. The van der Waals surface area contributed by atoms with E-state index >= 15 is 0 Å². The highest BCUT2D eigenvalue weighted by atomic mass is 19.3. The fourth-order valence-electron chi connectivity index (χ4n) is 1.63. The minimum atomic E-state index is -4.10. The minimum Gasteiger partial charge on any atom is -0.370 e. The predicted molar refractivity (Wildman–Crippen MR) is 73.6 cm³/mol. The van der Waals surface area contributed by atoms with Crippen LogP contribution in [0.15, 0.2) is 24.3 Å². The van der Waals surface area contributed by atoms with E-state index in [-0.39, 0.29) is 6.61 Å². The van der Waals surface area contributed by atoms with Crippen molar-refractivity contribution in [2.75, 3.05) is 13.2 Å². The summed E-state index contributed by atoms with van der Waals surface area (Å²) >= 11 is 0. The first-order valence-electron chi connectivity index (χ1n) is 6.83. The van der Waals surface area contributed by atoms with E-state index in [9.17, 15) is 17.6 Å². The summed E-state index contributed by atoms with van der Waals surface area (Å²) in [4.78, 5) is 0. The Labute approximate surface area is 122 Å². The van der Waals surface area contributed by atoms with Crippen molar-refractivity contribution in [3.63, 3.8) is 0 Å². The number of ether oxygens (including phenoxy) is 1. The van der Waals surface area contributed by atoms with Crippen LogP contribution in [-0.4, -0.2) is 25.5 Å². The van der Waals surface area contributed by atoms with Crippen LogP contribution in [0.25, 0.3) is 0 Å². The van der Waals surface area contributed by atoms with Crippen LogP contribution in [0.4, 0.5) is 17.6 Å². The van der Waals surface area contributed by atoms with Gasteiger partial charge < -0.3 is 10.1 Å². The summed E-state index contributed by atoms with van der Waals surface area (Å²) in [5, 5.41) is 3.28. The Hall–Kier alpha value is -1.14. The van der Waals surface area contributed by atoms with E-state index < -0.39 is 19.0 Å². The zero-order valence-corrected chi connectivity index (χ0v) is 12.2. The summed E-state index contributed by atoms with van der Waals surface area (Å²) in [6.45, 7) is 4.48. The van der Waals surface area contributed by atoms with E-state index in [1.807, 2.05) is 12.1 Å². The number of benzene rings is 1. The van der Waals surface area contributed by atoms with Crippen molar-refractivity contribution in [2.24, 2.45) is 5.92 Å². The van der Waals surface area contributed by atoms with Crippen LogP contribution in [0.5, 0.6) is 0 Å². The second kappa shape index (κ2) is 8.34. The molecule has 0 fully saturated rings. The Morgan fingerprint density at radius 2 is 1.67 bits per heavy atom. The Bertz CT molecular complexity index is 407. The van der Waals surface area contributed by atoms with Crippen molar-refractivity contribution in [3.05, 3.63) is 35.4 Å². The van der Waals surface area contributed by atoms with Gasteiger partial charge in [-0.05, 0) is 23.6 Å². The molecule has 120 valence electrons. The Morgan fingerprint density at radius 1 is 1.10 bits per heavy atom. The molecule has 1 aromatic carbocycles. The summed E-state index contributed by atoms with van der Waals surface area (Å²) in [5.74, 6) is -3.53. The molecular formula is C15H21F4NO. The molecule has 0 saturated heterocycles. The molecule has 1 rings (SSSR count). The molecule has 0 heterocycles. The topological polar surface area (TPSA) is 21.3 Å². The zero-order chi connectivity index (χ0) is 15.9. The summed E-state index contributed by atoms with van der Waals surface area (Å²) in [6, 6.07) is 7.20. The fourth-order valence-corrected chi connectivity index (χ4v) is 1.63. The third kappa shape index (κ3) is 6.91. The van der Waals surface area contributed by atoms with Gasteiger partial charge in [0.2, 0.25) is 0 Å². The normalized spacial score (nSPS) is 12.4. The van der Waals surface area contributed by atoms with Gasteiger partial charge in [-0.25, -0.2) is 8.78 Å². The number of nitrogens with one attached hydrogen (secondary N) is 1. The lowest BCUT2D eigenvalue weighted by atomic mass is 10.1. The molecule has 0 radical (unpaired) electrons. The largest absolute Gasteiger partial charge is 0.370 e. The van der Waals surface area contributed by atoms with Crippen LogP contribution in [0.2, 0.25) is 0 Å². The lowest BCUT2D eigenvalue weighted by Crippen LogP contribution is -2.32. The number of hydrogen-bond acceptors (Lipinski definition) is 2. The average molecular weight is 307 g/mol. The first kappa shape index (κ1) is 17.9. The predicted octanol–water partition coefficient (Wildman–Crippen LogP) is 3.85. The smallest absolute Gasteiger partial charge is 0.330 e. The van der Waals surface area contributed by atoms with E-state index in [0.29, 0.717) is 11.5 Å². The standard InChI is InChI=1S/C15H21F4NO/c1-11(2)7-20-8-12-3-5-13(6-4-12)9-21-10-15(18,19)14(16)17/h3-6,11,14,20H,7-10H2,1-2H3. The van der Waals surface area contributed by atoms with Gasteiger partial charge in [0.15, 0.2) is 0 Å². The summed E-state index contributed by atoms with van der Waals surface area (Å²) in [5.41, 5.74) is 1.74. The van der Waals surface area contributed by atoms with Crippen LogP contribution in [0.3, 0.4) is 0 Å². The van der Waals surface area contributed by atoms with Gasteiger partial charge >= 0.3 is 12.3 Å². The van der Waals surface area contributed by atoms with Crippen molar-refractivity contribution < 1.29 is 22.3 Å². The van der Waals surface area contributed by atoms with Gasteiger partial charge in [-0.1, -0.05) is 38.1 Å². The maximum atomic E-state index is 12.6. The molecule has 0 spiro atoms. The monoisotopic (exact) mass is 307 g/mol. The van der Waals surface area contributed by atoms with E-state index in [4.69, 9.17) is 0 Å². The lowest BCUT2D eigenvalue weighted by Gasteiger charge is -2.15. The molecule has 0 aliphatic carbocycles. The van der Waals surface area contributed by atoms with Gasteiger partial charge in [0.05, 0.1) is 6.61 Å². The molecule has 0 unspecified atom stereocenters.